The lowest BCUT2D eigenvalue weighted by atomic mass is 10.0. The Hall–Kier alpha value is -1.38. The Morgan fingerprint density at radius 2 is 2.05 bits per heavy atom. The fourth-order valence-corrected chi connectivity index (χ4v) is 2.75. The Morgan fingerprint density at radius 1 is 1.25 bits per heavy atom. The van der Waals surface area contributed by atoms with Gasteiger partial charge in [-0.25, -0.2) is 0 Å². The highest BCUT2D eigenvalue weighted by molar-refractivity contribution is 7.32. The quantitative estimate of drug-likeness (QED) is 0.828. The molecular formula is C15H20NO3P. The number of hydrogen-bond donors (Lipinski definition) is 1. The van der Waals surface area contributed by atoms with E-state index in [0.29, 0.717) is 8.81 Å². The summed E-state index contributed by atoms with van der Waals surface area (Å²) in [6.45, 7) is 4.14. The summed E-state index contributed by atoms with van der Waals surface area (Å²) in [5.41, 5.74) is 1.71. The van der Waals surface area contributed by atoms with Gasteiger partial charge in [0.25, 0.3) is 0 Å². The van der Waals surface area contributed by atoms with E-state index >= 15 is 0 Å². The minimum absolute atomic E-state index is 0.0195. The fourth-order valence-electron chi connectivity index (χ4n) is 2.28. The van der Waals surface area contributed by atoms with Crippen molar-refractivity contribution in [1.82, 2.24) is 4.98 Å². The van der Waals surface area contributed by atoms with Gasteiger partial charge in [0.1, 0.15) is 5.75 Å². The topological polar surface area (TPSA) is 51.3 Å². The van der Waals surface area contributed by atoms with Crippen molar-refractivity contribution in [2.45, 2.75) is 26.4 Å². The number of aromatic nitrogens is 1. The van der Waals surface area contributed by atoms with Crippen LogP contribution in [0.1, 0.15) is 31.9 Å². The molecule has 4 nitrogen and oxygen atoms in total. The largest absolute Gasteiger partial charge is 0.475 e. The predicted molar refractivity (Wildman–Crippen MR) is 84.1 cm³/mol. The monoisotopic (exact) mass is 293 g/mol. The molecule has 0 aliphatic rings. The first-order valence-electron chi connectivity index (χ1n) is 6.79. The van der Waals surface area contributed by atoms with Crippen LogP contribution in [0.2, 0.25) is 0 Å². The smallest absolute Gasteiger partial charge is 0.248 e. The molecule has 108 valence electrons. The van der Waals surface area contributed by atoms with Gasteiger partial charge in [0.2, 0.25) is 5.56 Å². The molecule has 0 amide bonds. The molecule has 2 aromatic rings. The van der Waals surface area contributed by atoms with Crippen LogP contribution in [-0.2, 0) is 4.74 Å². The Kier molecular flexibility index (Phi) is 5.16. The van der Waals surface area contributed by atoms with E-state index in [1.165, 1.54) is 0 Å². The molecule has 5 heteroatoms. The third-order valence-electron chi connectivity index (χ3n) is 3.22. The average Bonchev–Trinajstić information content (AvgIpc) is 2.47. The number of methoxy groups -OCH3 is 1. The second-order valence-electron chi connectivity index (χ2n) is 4.50. The number of fused-ring (bicyclic) bond motifs is 1. The highest BCUT2D eigenvalue weighted by Crippen LogP contribution is 2.34. The van der Waals surface area contributed by atoms with E-state index in [1.54, 1.807) is 13.2 Å². The zero-order chi connectivity index (χ0) is 14.5. The number of nitrogens with one attached hydrogen (secondary N) is 1. The molecule has 1 N–H and O–H groups in total. The highest BCUT2D eigenvalue weighted by atomic mass is 31.1. The van der Waals surface area contributed by atoms with E-state index in [1.807, 2.05) is 18.2 Å². The number of pyridine rings is 1. The number of rotatable bonds is 6. The molecule has 1 heterocycles. The minimum atomic E-state index is -0.121. The van der Waals surface area contributed by atoms with E-state index in [2.05, 4.69) is 18.8 Å². The molecule has 0 radical (unpaired) electrons. The highest BCUT2D eigenvalue weighted by Gasteiger charge is 2.14. The Bertz CT molecular complexity index is 635. The number of ether oxygens (including phenoxy) is 1. The molecule has 0 aliphatic carbocycles. The molecule has 1 aromatic carbocycles. The van der Waals surface area contributed by atoms with Crippen LogP contribution < -0.4 is 10.1 Å². The Balaban J connectivity index is 2.60. The number of benzene rings is 1. The summed E-state index contributed by atoms with van der Waals surface area (Å²) >= 11 is 0. The zero-order valence-corrected chi connectivity index (χ0v) is 13.0. The summed E-state index contributed by atoms with van der Waals surface area (Å²) in [4.78, 5) is 14.5. The van der Waals surface area contributed by atoms with Gasteiger partial charge in [0, 0.05) is 18.6 Å². The Labute approximate surface area is 120 Å². The first-order chi connectivity index (χ1) is 9.71. The normalized spacial score (nSPS) is 13.2. The van der Waals surface area contributed by atoms with Gasteiger partial charge in [0.15, 0.2) is 0 Å². The minimum Gasteiger partial charge on any atom is -0.475 e. The molecule has 0 saturated heterocycles. The van der Waals surface area contributed by atoms with Gasteiger partial charge in [0.05, 0.1) is 20.4 Å². The third kappa shape index (κ3) is 3.02. The van der Waals surface area contributed by atoms with Gasteiger partial charge in [-0.2, -0.15) is 0 Å². The summed E-state index contributed by atoms with van der Waals surface area (Å²) < 4.78 is 11.3. The van der Waals surface area contributed by atoms with Crippen molar-refractivity contribution in [3.63, 3.8) is 0 Å². The second kappa shape index (κ2) is 6.87. The maximum Gasteiger partial charge on any atom is 0.248 e. The number of aromatic amines is 1. The fraction of sp³-hybridized carbons (Fsp3) is 0.400. The SMILES string of the molecule is CCPOc1ccc(C(CC)OC)c2ccc(=O)[nH]c12. The molecule has 20 heavy (non-hydrogen) atoms. The van der Waals surface area contributed by atoms with E-state index in [-0.39, 0.29) is 11.7 Å². The van der Waals surface area contributed by atoms with Gasteiger partial charge in [-0.3, -0.25) is 4.79 Å². The lowest BCUT2D eigenvalue weighted by Crippen LogP contribution is -2.07. The van der Waals surface area contributed by atoms with Gasteiger partial charge in [-0.05, 0) is 30.3 Å². The molecule has 0 bridgehead atoms. The predicted octanol–water partition coefficient (Wildman–Crippen LogP) is 3.62. The van der Waals surface area contributed by atoms with Crippen LogP contribution in [-0.4, -0.2) is 18.3 Å². The summed E-state index contributed by atoms with van der Waals surface area (Å²) in [7, 11) is 2.09. The second-order valence-corrected chi connectivity index (χ2v) is 5.70. The summed E-state index contributed by atoms with van der Waals surface area (Å²) in [5.74, 6) is 0.729. The van der Waals surface area contributed by atoms with Crippen LogP contribution in [0.5, 0.6) is 5.75 Å². The van der Waals surface area contributed by atoms with E-state index < -0.39 is 0 Å². The number of hydrogen-bond acceptors (Lipinski definition) is 3. The molecule has 0 saturated carbocycles. The summed E-state index contributed by atoms with van der Waals surface area (Å²) in [6, 6.07) is 7.32. The van der Waals surface area contributed by atoms with Crippen LogP contribution in [0.15, 0.2) is 29.1 Å². The molecule has 2 rings (SSSR count). The standard InChI is InChI=1S/C15H20NO3P/c1-4-12(18-3)10-6-8-13(19-20-5-2)15-11(10)7-9-14(17)16-15/h6-9,12,20H,4-5H2,1-3H3,(H,16,17). The van der Waals surface area contributed by atoms with E-state index in [9.17, 15) is 4.79 Å². The van der Waals surface area contributed by atoms with E-state index in [4.69, 9.17) is 9.26 Å². The maximum absolute atomic E-state index is 11.6. The first-order valence-corrected chi connectivity index (χ1v) is 7.91. The third-order valence-corrected chi connectivity index (χ3v) is 3.87. The van der Waals surface area contributed by atoms with Gasteiger partial charge in [-0.1, -0.05) is 19.9 Å². The molecule has 0 spiro atoms. The van der Waals surface area contributed by atoms with Crippen molar-refractivity contribution < 1.29 is 9.26 Å². The van der Waals surface area contributed by atoms with Gasteiger partial charge >= 0.3 is 0 Å². The van der Waals surface area contributed by atoms with Crippen LogP contribution in [0.4, 0.5) is 0 Å². The number of H-pyrrole nitrogens is 1. The maximum atomic E-state index is 11.6. The molecule has 2 unspecified atom stereocenters. The van der Waals surface area contributed by atoms with Crippen LogP contribution in [0.3, 0.4) is 0 Å². The average molecular weight is 293 g/mol. The van der Waals surface area contributed by atoms with Crippen molar-refractivity contribution in [3.8, 4) is 5.75 Å². The van der Waals surface area contributed by atoms with Gasteiger partial charge < -0.3 is 14.2 Å². The van der Waals surface area contributed by atoms with Crippen LogP contribution in [0, 0.1) is 0 Å². The summed E-state index contributed by atoms with van der Waals surface area (Å²) in [6.07, 6.45) is 1.85. The Morgan fingerprint density at radius 3 is 2.70 bits per heavy atom. The molecule has 1 aromatic heterocycles. The van der Waals surface area contributed by atoms with Crippen molar-refractivity contribution >= 4 is 19.7 Å². The van der Waals surface area contributed by atoms with E-state index in [0.717, 1.165) is 34.8 Å². The zero-order valence-electron chi connectivity index (χ0n) is 12.0. The van der Waals surface area contributed by atoms with Crippen molar-refractivity contribution in [3.05, 3.63) is 40.2 Å². The van der Waals surface area contributed by atoms with Crippen LogP contribution >= 0.6 is 8.81 Å². The first kappa shape index (κ1) is 15.0. The summed E-state index contributed by atoms with van der Waals surface area (Å²) in [5, 5.41) is 0.983. The lowest BCUT2D eigenvalue weighted by molar-refractivity contribution is 0.101. The van der Waals surface area contributed by atoms with Gasteiger partial charge in [-0.15, -0.1) is 0 Å². The van der Waals surface area contributed by atoms with Crippen molar-refractivity contribution in [2.24, 2.45) is 0 Å². The van der Waals surface area contributed by atoms with Crippen LogP contribution in [0.25, 0.3) is 10.9 Å². The molecule has 0 fully saturated rings. The van der Waals surface area contributed by atoms with Crippen molar-refractivity contribution in [1.29, 1.82) is 0 Å². The van der Waals surface area contributed by atoms with Crippen molar-refractivity contribution in [2.75, 3.05) is 13.3 Å². The molecule has 0 aliphatic heterocycles. The molecular weight excluding hydrogens is 273 g/mol. The lowest BCUT2D eigenvalue weighted by Gasteiger charge is -2.17. The molecule has 2 atom stereocenters.